The Balaban J connectivity index is 0.000000791. The van der Waals surface area contributed by atoms with E-state index in [-0.39, 0.29) is 0 Å². The van der Waals surface area contributed by atoms with Crippen molar-refractivity contribution in [1.29, 1.82) is 0 Å². The summed E-state index contributed by atoms with van der Waals surface area (Å²) in [4.78, 5) is 4.24. The molecule has 0 aliphatic heterocycles. The summed E-state index contributed by atoms with van der Waals surface area (Å²) in [6, 6.07) is 4.08. The van der Waals surface area contributed by atoms with Crippen LogP contribution in [0.5, 0.6) is 0 Å². The number of rotatable bonds is 3. The Morgan fingerprint density at radius 1 is 1.29 bits per heavy atom. The first kappa shape index (κ1) is 12.9. The van der Waals surface area contributed by atoms with Crippen molar-refractivity contribution >= 4 is 5.82 Å². The first-order valence-corrected chi connectivity index (χ1v) is 5.35. The first-order valence-electron chi connectivity index (χ1n) is 5.35. The molecule has 1 heterocycles. The predicted molar refractivity (Wildman–Crippen MR) is 63.6 cm³/mol. The second-order valence-corrected chi connectivity index (χ2v) is 3.50. The van der Waals surface area contributed by atoms with Crippen LogP contribution in [0, 0.1) is 12.8 Å². The molecule has 0 radical (unpaired) electrons. The number of aryl methyl sites for hydroxylation is 1. The summed E-state index contributed by atoms with van der Waals surface area (Å²) in [5, 5.41) is 3.26. The van der Waals surface area contributed by atoms with Gasteiger partial charge < -0.3 is 5.32 Å². The molecule has 1 N–H and O–H groups in total. The molecule has 0 unspecified atom stereocenters. The summed E-state index contributed by atoms with van der Waals surface area (Å²) in [5.41, 5.74) is 1.20. The van der Waals surface area contributed by atoms with Crippen LogP contribution in [0.2, 0.25) is 0 Å². The van der Waals surface area contributed by atoms with Crippen LogP contribution in [0.1, 0.15) is 33.3 Å². The average Bonchev–Trinajstić information content (AvgIpc) is 2.20. The molecule has 0 spiro atoms. The normalized spacial score (nSPS) is 9.29. The molecule has 0 fully saturated rings. The zero-order chi connectivity index (χ0) is 11.0. The minimum absolute atomic E-state index is 0.660. The van der Waals surface area contributed by atoms with Gasteiger partial charge in [0.1, 0.15) is 5.82 Å². The molecule has 2 heteroatoms. The Labute approximate surface area is 87.8 Å². The van der Waals surface area contributed by atoms with Crippen LogP contribution in [-0.2, 0) is 0 Å². The Hall–Kier alpha value is -1.05. The second kappa shape index (κ2) is 7.36. The van der Waals surface area contributed by atoms with Crippen molar-refractivity contribution in [3.05, 3.63) is 23.9 Å². The van der Waals surface area contributed by atoms with Crippen molar-refractivity contribution in [2.75, 3.05) is 11.9 Å². The van der Waals surface area contributed by atoms with Gasteiger partial charge in [0.25, 0.3) is 0 Å². The van der Waals surface area contributed by atoms with E-state index in [1.807, 2.05) is 33.0 Å². The topological polar surface area (TPSA) is 24.9 Å². The molecule has 1 aromatic rings. The standard InChI is InChI=1S/C10H16N2.C2H6/c1-8(2)6-11-10-5-4-9(3)7-12-10;1-2/h4-5,7-8H,6H2,1-3H3,(H,11,12);1-2H3. The minimum atomic E-state index is 0.660. The van der Waals surface area contributed by atoms with E-state index < -0.39 is 0 Å². The quantitative estimate of drug-likeness (QED) is 0.796. The van der Waals surface area contributed by atoms with Crippen molar-refractivity contribution in [2.45, 2.75) is 34.6 Å². The van der Waals surface area contributed by atoms with Gasteiger partial charge in [-0.1, -0.05) is 33.8 Å². The van der Waals surface area contributed by atoms with E-state index in [9.17, 15) is 0 Å². The van der Waals surface area contributed by atoms with E-state index in [0.717, 1.165) is 12.4 Å². The van der Waals surface area contributed by atoms with Crippen molar-refractivity contribution in [1.82, 2.24) is 4.98 Å². The third kappa shape index (κ3) is 5.57. The molecule has 1 rings (SSSR count). The van der Waals surface area contributed by atoms with Gasteiger partial charge in [0.2, 0.25) is 0 Å². The maximum absolute atomic E-state index is 4.24. The van der Waals surface area contributed by atoms with Gasteiger partial charge in [-0.3, -0.25) is 0 Å². The number of pyridine rings is 1. The summed E-state index contributed by atoms with van der Waals surface area (Å²) in [5.74, 6) is 1.63. The highest BCUT2D eigenvalue weighted by molar-refractivity contribution is 5.34. The molecule has 14 heavy (non-hydrogen) atoms. The van der Waals surface area contributed by atoms with Crippen LogP contribution < -0.4 is 5.32 Å². The fraction of sp³-hybridized carbons (Fsp3) is 0.583. The molecule has 0 atom stereocenters. The Morgan fingerprint density at radius 3 is 2.36 bits per heavy atom. The van der Waals surface area contributed by atoms with Crippen LogP contribution in [0.25, 0.3) is 0 Å². The molecule has 1 aromatic heterocycles. The summed E-state index contributed by atoms with van der Waals surface area (Å²) in [6.07, 6.45) is 1.88. The van der Waals surface area contributed by atoms with Crippen LogP contribution in [0.4, 0.5) is 5.82 Å². The number of nitrogens with zero attached hydrogens (tertiary/aromatic N) is 1. The fourth-order valence-corrected chi connectivity index (χ4v) is 0.881. The summed E-state index contributed by atoms with van der Waals surface area (Å²) in [7, 11) is 0. The third-order valence-electron chi connectivity index (χ3n) is 1.60. The minimum Gasteiger partial charge on any atom is -0.370 e. The largest absolute Gasteiger partial charge is 0.370 e. The van der Waals surface area contributed by atoms with Crippen LogP contribution in [0.15, 0.2) is 18.3 Å². The smallest absolute Gasteiger partial charge is 0.125 e. The molecule has 0 saturated carbocycles. The van der Waals surface area contributed by atoms with E-state index in [2.05, 4.69) is 30.2 Å². The molecule has 0 aromatic carbocycles. The summed E-state index contributed by atoms with van der Waals surface area (Å²) >= 11 is 0. The zero-order valence-corrected chi connectivity index (χ0v) is 9.96. The van der Waals surface area contributed by atoms with Crippen molar-refractivity contribution in [3.8, 4) is 0 Å². The van der Waals surface area contributed by atoms with Gasteiger partial charge in [0.15, 0.2) is 0 Å². The van der Waals surface area contributed by atoms with Crippen LogP contribution in [0.3, 0.4) is 0 Å². The monoisotopic (exact) mass is 194 g/mol. The lowest BCUT2D eigenvalue weighted by Crippen LogP contribution is -2.08. The molecule has 0 bridgehead atoms. The fourth-order valence-electron chi connectivity index (χ4n) is 0.881. The molecule has 0 saturated heterocycles. The average molecular weight is 194 g/mol. The van der Waals surface area contributed by atoms with E-state index in [4.69, 9.17) is 0 Å². The van der Waals surface area contributed by atoms with Gasteiger partial charge in [0.05, 0.1) is 0 Å². The molecule has 0 aliphatic rings. The zero-order valence-electron chi connectivity index (χ0n) is 9.96. The molecular formula is C12H22N2. The van der Waals surface area contributed by atoms with Crippen molar-refractivity contribution in [3.63, 3.8) is 0 Å². The third-order valence-corrected chi connectivity index (χ3v) is 1.60. The van der Waals surface area contributed by atoms with Gasteiger partial charge in [-0.25, -0.2) is 4.98 Å². The lowest BCUT2D eigenvalue weighted by Gasteiger charge is -2.07. The molecular weight excluding hydrogens is 172 g/mol. The number of hydrogen-bond acceptors (Lipinski definition) is 2. The van der Waals surface area contributed by atoms with Gasteiger partial charge in [-0.05, 0) is 24.5 Å². The molecule has 2 nitrogen and oxygen atoms in total. The van der Waals surface area contributed by atoms with Gasteiger partial charge in [0, 0.05) is 12.7 Å². The summed E-state index contributed by atoms with van der Waals surface area (Å²) < 4.78 is 0. The van der Waals surface area contributed by atoms with E-state index >= 15 is 0 Å². The van der Waals surface area contributed by atoms with E-state index in [0.29, 0.717) is 5.92 Å². The van der Waals surface area contributed by atoms with Gasteiger partial charge >= 0.3 is 0 Å². The Morgan fingerprint density at radius 2 is 1.93 bits per heavy atom. The number of nitrogens with one attached hydrogen (secondary N) is 1. The van der Waals surface area contributed by atoms with Crippen molar-refractivity contribution in [2.24, 2.45) is 5.92 Å². The molecule has 0 aliphatic carbocycles. The lowest BCUT2D eigenvalue weighted by atomic mass is 10.2. The van der Waals surface area contributed by atoms with Crippen molar-refractivity contribution < 1.29 is 0 Å². The highest BCUT2D eigenvalue weighted by atomic mass is 15.0. The Bertz CT molecular complexity index is 227. The molecule has 80 valence electrons. The maximum atomic E-state index is 4.24. The van der Waals surface area contributed by atoms with E-state index in [1.54, 1.807) is 0 Å². The molecule has 0 amide bonds. The maximum Gasteiger partial charge on any atom is 0.125 e. The number of anilines is 1. The van der Waals surface area contributed by atoms with E-state index in [1.165, 1.54) is 5.56 Å². The van der Waals surface area contributed by atoms with Gasteiger partial charge in [-0.15, -0.1) is 0 Å². The van der Waals surface area contributed by atoms with Crippen LogP contribution >= 0.6 is 0 Å². The number of hydrogen-bond donors (Lipinski definition) is 1. The predicted octanol–water partition coefficient (Wildman–Crippen LogP) is 3.48. The SMILES string of the molecule is CC.Cc1ccc(NCC(C)C)nc1. The lowest BCUT2D eigenvalue weighted by molar-refractivity contribution is 0.687. The number of aromatic nitrogens is 1. The Kier molecular flexibility index (Phi) is 6.81. The first-order chi connectivity index (χ1) is 6.68. The highest BCUT2D eigenvalue weighted by Gasteiger charge is 1.94. The van der Waals surface area contributed by atoms with Gasteiger partial charge in [-0.2, -0.15) is 0 Å². The second-order valence-electron chi connectivity index (χ2n) is 3.50. The highest BCUT2D eigenvalue weighted by Crippen LogP contribution is 2.04. The summed E-state index contributed by atoms with van der Waals surface area (Å²) in [6.45, 7) is 11.4. The van der Waals surface area contributed by atoms with Crippen LogP contribution in [-0.4, -0.2) is 11.5 Å².